The molecule has 0 saturated heterocycles. The molecule has 6 rings (SSSR count). The molecule has 0 radical (unpaired) electrons. The number of hydrogen-bond acceptors (Lipinski definition) is 9. The van der Waals surface area contributed by atoms with E-state index < -0.39 is 33.9 Å². The van der Waals surface area contributed by atoms with Gasteiger partial charge in [-0.2, -0.15) is 5.26 Å². The zero-order chi connectivity index (χ0) is 47.2. The van der Waals surface area contributed by atoms with E-state index >= 15 is 0 Å². The van der Waals surface area contributed by atoms with Crippen molar-refractivity contribution in [3.63, 3.8) is 0 Å². The van der Waals surface area contributed by atoms with Gasteiger partial charge in [-0.3, -0.25) is 14.5 Å². The van der Waals surface area contributed by atoms with E-state index in [9.17, 15) is 28.1 Å². The zero-order valence-corrected chi connectivity index (χ0v) is 40.2. The Balaban J connectivity index is 1.21. The molecule has 0 aliphatic heterocycles. The van der Waals surface area contributed by atoms with Gasteiger partial charge in [0.25, 0.3) is 5.91 Å². The van der Waals surface area contributed by atoms with Gasteiger partial charge in [-0.1, -0.05) is 131 Å². The van der Waals surface area contributed by atoms with E-state index in [-0.39, 0.29) is 55.3 Å². The molecule has 1 unspecified atom stereocenters. The van der Waals surface area contributed by atoms with Crippen molar-refractivity contribution in [2.75, 3.05) is 16.8 Å². The van der Waals surface area contributed by atoms with Gasteiger partial charge in [-0.25, -0.2) is 22.9 Å². The number of ketones is 1. The highest BCUT2D eigenvalue weighted by Gasteiger charge is 2.37. The minimum absolute atomic E-state index is 0.0167. The molecule has 5 aromatic rings. The van der Waals surface area contributed by atoms with Crippen molar-refractivity contribution in [1.82, 2.24) is 9.71 Å². The van der Waals surface area contributed by atoms with Crippen LogP contribution < -0.4 is 14.9 Å². The van der Waals surface area contributed by atoms with E-state index in [1.165, 1.54) is 79.8 Å². The lowest BCUT2D eigenvalue weighted by molar-refractivity contribution is -0.122. The maximum atomic E-state index is 14.5. The summed E-state index contributed by atoms with van der Waals surface area (Å²) in [4.78, 5) is 48.7. The van der Waals surface area contributed by atoms with Gasteiger partial charge in [0.05, 0.1) is 25.7 Å². The van der Waals surface area contributed by atoms with E-state index in [2.05, 4.69) is 28.0 Å². The summed E-state index contributed by atoms with van der Waals surface area (Å²) in [6.45, 7) is 4.26. The maximum Gasteiger partial charge on any atom is 0.415 e. The number of unbranched alkanes of at least 4 members (excludes halogenated alkanes) is 9. The summed E-state index contributed by atoms with van der Waals surface area (Å²) in [5.74, 6) is -1.83. The quantitative estimate of drug-likeness (QED) is 0.0296. The lowest BCUT2D eigenvalue weighted by Gasteiger charge is -2.30. The number of allylic oxidation sites excluding steroid dienone is 1. The van der Waals surface area contributed by atoms with Gasteiger partial charge >= 0.3 is 6.09 Å². The summed E-state index contributed by atoms with van der Waals surface area (Å²) in [6, 6.07) is 22.1. The second-order valence-corrected chi connectivity index (χ2v) is 19.5. The van der Waals surface area contributed by atoms with Crippen molar-refractivity contribution in [3.8, 4) is 6.07 Å². The number of nitriles is 1. The highest BCUT2D eigenvalue weighted by Crippen LogP contribution is 2.33. The molecule has 2 N–H and O–H groups in total. The van der Waals surface area contributed by atoms with Gasteiger partial charge < -0.3 is 14.5 Å². The number of fused-ring (bicyclic) bond motifs is 1. The molecule has 1 aliphatic rings. The van der Waals surface area contributed by atoms with Crippen LogP contribution in [0.5, 0.6) is 0 Å². The average molecular weight is 975 g/mol. The Hall–Kier alpha value is -5.23. The first-order valence-electron chi connectivity index (χ1n) is 22.5. The minimum Gasteiger partial charge on any atom is -0.435 e. The fourth-order valence-electron chi connectivity index (χ4n) is 7.94. The fourth-order valence-corrected chi connectivity index (χ4v) is 9.50. The van der Waals surface area contributed by atoms with Crippen LogP contribution in [0.1, 0.15) is 124 Å². The molecule has 0 spiro atoms. The molecule has 1 saturated carbocycles. The third kappa shape index (κ3) is 13.2. The van der Waals surface area contributed by atoms with Gasteiger partial charge in [-0.05, 0) is 104 Å². The Kier molecular flexibility index (Phi) is 18.2. The van der Waals surface area contributed by atoms with Crippen LogP contribution in [0.3, 0.4) is 0 Å². The number of para-hydroxylation sites is 2. The number of Topliss-reactive ketones (excluding diaryl/α,β-unsaturated/α-hetero) is 1. The van der Waals surface area contributed by atoms with Crippen LogP contribution in [0, 0.1) is 18.3 Å². The van der Waals surface area contributed by atoms with Crippen molar-refractivity contribution >= 4 is 96.7 Å². The number of oxazole rings is 1. The fraction of sp³-hybridized carbons (Fsp3) is 0.380. The number of ether oxygens (including phenoxy) is 1. The third-order valence-electron chi connectivity index (χ3n) is 11.6. The number of sulfonamides is 1. The topological polar surface area (TPSA) is 172 Å². The lowest BCUT2D eigenvalue weighted by Crippen LogP contribution is -2.46. The van der Waals surface area contributed by atoms with Crippen LogP contribution in [0.4, 0.5) is 16.2 Å². The molecule has 66 heavy (non-hydrogen) atoms. The number of anilines is 2. The van der Waals surface area contributed by atoms with Gasteiger partial charge in [0.15, 0.2) is 5.58 Å². The Labute approximate surface area is 401 Å². The molecular formula is C50H54Cl3N5O7S. The number of aromatic nitrogens is 1. The van der Waals surface area contributed by atoms with E-state index in [1.807, 2.05) is 19.1 Å². The number of benzene rings is 4. The number of aryl methyl sites for hydroxylation is 1. The molecule has 348 valence electrons. The summed E-state index contributed by atoms with van der Waals surface area (Å²) in [6.07, 6.45) is 12.6. The summed E-state index contributed by atoms with van der Waals surface area (Å²) >= 11 is 18.9. The highest BCUT2D eigenvalue weighted by molar-refractivity contribution is 7.89. The average Bonchev–Trinajstić information content (AvgIpc) is 3.99. The predicted octanol–water partition coefficient (Wildman–Crippen LogP) is 13.1. The second-order valence-electron chi connectivity index (χ2n) is 16.5. The molecule has 1 heterocycles. The van der Waals surface area contributed by atoms with Crippen molar-refractivity contribution in [2.45, 2.75) is 121 Å². The zero-order valence-electron chi connectivity index (χ0n) is 37.1. The number of nitrogens with one attached hydrogen (secondary N) is 2. The second kappa shape index (κ2) is 24.0. The van der Waals surface area contributed by atoms with Gasteiger partial charge in [0.1, 0.15) is 17.2 Å². The smallest absolute Gasteiger partial charge is 0.415 e. The molecule has 1 aliphatic carbocycles. The molecule has 12 nitrogen and oxygen atoms in total. The van der Waals surface area contributed by atoms with Crippen molar-refractivity contribution in [3.05, 3.63) is 117 Å². The van der Waals surface area contributed by atoms with Crippen LogP contribution in [-0.4, -0.2) is 49.9 Å². The summed E-state index contributed by atoms with van der Waals surface area (Å²) in [7, 11) is -4.01. The Morgan fingerprint density at radius 2 is 1.56 bits per heavy atom. The van der Waals surface area contributed by atoms with E-state index in [4.69, 9.17) is 44.0 Å². The highest BCUT2D eigenvalue weighted by atomic mass is 35.5. The van der Waals surface area contributed by atoms with E-state index in [0.717, 1.165) is 32.1 Å². The van der Waals surface area contributed by atoms with Crippen LogP contribution >= 0.6 is 34.8 Å². The van der Waals surface area contributed by atoms with Crippen molar-refractivity contribution in [1.29, 1.82) is 5.26 Å². The minimum atomic E-state index is -4.01. The number of hydrogen-bond donors (Lipinski definition) is 2. The standard InChI is InChI=1S/C50H54Cl3N5O7S/c1-3-4-5-6-7-8-9-10-11-16-27-55-66(62,63)39-24-26-41(52)44(31-39)56-48(60)47(46(59)35-22-25-40(51)42(53)30-35)65-50(61)58(37-17-12-13-18-37)38-23-21-34(33(2)28-38)29-36(32-54)49-57-43-19-14-15-20-45(43)64-49/h14-15,19-26,28-31,37,47,55H,3-13,16-18,27H2,1-2H3,(H,56,60)/b36-29+. The number of rotatable bonds is 22. The van der Waals surface area contributed by atoms with Gasteiger partial charge in [-0.15, -0.1) is 0 Å². The van der Waals surface area contributed by atoms with Crippen LogP contribution in [0.25, 0.3) is 22.7 Å². The number of carbonyl (C=O) groups excluding carboxylic acids is 3. The summed E-state index contributed by atoms with van der Waals surface area (Å²) in [5, 5.41) is 12.8. The molecule has 16 heteroatoms. The SMILES string of the molecule is CCCCCCCCCCCCNS(=O)(=O)c1ccc(Cl)c(NC(=O)C(OC(=O)N(c2ccc(/C=C(\C#N)c3nc4ccccc4o3)c(C)c2)C2CCCC2)C(=O)c2ccc(Cl)c(Cl)c2)c1. The maximum absolute atomic E-state index is 14.5. The molecule has 0 bridgehead atoms. The Bertz CT molecular complexity index is 2680. The first kappa shape index (κ1) is 50.2. The summed E-state index contributed by atoms with van der Waals surface area (Å²) < 4.78 is 41.1. The van der Waals surface area contributed by atoms with E-state index in [0.29, 0.717) is 47.2 Å². The third-order valence-corrected chi connectivity index (χ3v) is 14.1. The largest absolute Gasteiger partial charge is 0.435 e. The Morgan fingerprint density at radius 1 is 0.879 bits per heavy atom. The lowest BCUT2D eigenvalue weighted by atomic mass is 10.0. The normalized spacial score (nSPS) is 13.7. The van der Waals surface area contributed by atoms with Crippen molar-refractivity contribution < 1.29 is 32.0 Å². The molecular weight excluding hydrogens is 921 g/mol. The molecule has 1 fully saturated rings. The first-order valence-corrected chi connectivity index (χ1v) is 25.1. The predicted molar refractivity (Wildman–Crippen MR) is 262 cm³/mol. The van der Waals surface area contributed by atoms with Crippen LogP contribution in [0.2, 0.25) is 15.1 Å². The molecule has 4 aromatic carbocycles. The first-order chi connectivity index (χ1) is 31.8. The number of nitrogens with zero attached hydrogens (tertiary/aromatic N) is 3. The van der Waals surface area contributed by atoms with Gasteiger partial charge in [0, 0.05) is 23.8 Å². The molecule has 2 amide bonds. The molecule has 1 atom stereocenters. The van der Waals surface area contributed by atoms with Crippen molar-refractivity contribution in [2.24, 2.45) is 0 Å². The Morgan fingerprint density at radius 3 is 2.23 bits per heavy atom. The monoisotopic (exact) mass is 973 g/mol. The van der Waals surface area contributed by atoms with E-state index in [1.54, 1.807) is 36.4 Å². The number of carbonyl (C=O) groups is 3. The number of amides is 2. The van der Waals surface area contributed by atoms with Crippen LogP contribution in [-0.2, 0) is 19.6 Å². The molecule has 1 aromatic heterocycles. The summed E-state index contributed by atoms with van der Waals surface area (Å²) in [5.41, 5.74) is 2.98. The number of halogens is 3. The van der Waals surface area contributed by atoms with Gasteiger partial charge in [0.2, 0.25) is 27.8 Å². The van der Waals surface area contributed by atoms with Crippen LogP contribution in [0.15, 0.2) is 88.2 Å².